The molecule has 0 saturated heterocycles. The van der Waals surface area contributed by atoms with Crippen LogP contribution in [0.4, 0.5) is 0 Å². The van der Waals surface area contributed by atoms with Gasteiger partial charge >= 0.3 is 0 Å². The van der Waals surface area contributed by atoms with E-state index < -0.39 is 12.1 Å². The number of aromatic nitrogens is 2. The number of carbonyl (C=O) groups excluding carboxylic acids is 1. The lowest BCUT2D eigenvalue weighted by Gasteiger charge is -2.23. The van der Waals surface area contributed by atoms with Crippen LogP contribution < -0.4 is 5.32 Å². The molecule has 158 valence electrons. The number of aliphatic hydroxyl groups excluding tert-OH is 1. The summed E-state index contributed by atoms with van der Waals surface area (Å²) in [7, 11) is 0. The number of H-pyrrole nitrogens is 1. The zero-order valence-corrected chi connectivity index (χ0v) is 17.4. The Hall–Kier alpha value is -3.96. The highest BCUT2D eigenvalue weighted by molar-refractivity contribution is 6.07. The maximum atomic E-state index is 13.3. The van der Waals surface area contributed by atoms with E-state index in [9.17, 15) is 9.90 Å². The quantitative estimate of drug-likeness (QED) is 0.369. The molecule has 5 rings (SSSR count). The van der Waals surface area contributed by atoms with Crippen molar-refractivity contribution in [1.82, 2.24) is 15.3 Å². The van der Waals surface area contributed by atoms with Crippen molar-refractivity contribution in [3.8, 4) is 0 Å². The van der Waals surface area contributed by atoms with Crippen LogP contribution in [-0.4, -0.2) is 27.0 Å². The lowest BCUT2D eigenvalue weighted by molar-refractivity contribution is 0.0819. The topological polar surface area (TPSA) is 78.0 Å². The van der Waals surface area contributed by atoms with E-state index in [1.54, 1.807) is 0 Å². The van der Waals surface area contributed by atoms with Gasteiger partial charge in [0, 0.05) is 5.56 Å². The van der Waals surface area contributed by atoms with Crippen molar-refractivity contribution in [3.63, 3.8) is 0 Å². The van der Waals surface area contributed by atoms with Gasteiger partial charge in [-0.3, -0.25) is 4.79 Å². The first-order valence-corrected chi connectivity index (χ1v) is 10.6. The number of para-hydroxylation sites is 2. The van der Waals surface area contributed by atoms with Gasteiger partial charge in [0.15, 0.2) is 0 Å². The number of aliphatic hydroxyl groups is 1. The lowest BCUT2D eigenvalue weighted by atomic mass is 9.99. The Morgan fingerprint density at radius 3 is 2.44 bits per heavy atom. The molecule has 32 heavy (non-hydrogen) atoms. The summed E-state index contributed by atoms with van der Waals surface area (Å²) in [5.41, 5.74) is 3.23. The van der Waals surface area contributed by atoms with Crippen LogP contribution in [0.25, 0.3) is 21.8 Å². The molecule has 5 nitrogen and oxygen atoms in total. The van der Waals surface area contributed by atoms with Crippen molar-refractivity contribution in [1.29, 1.82) is 0 Å². The molecule has 0 bridgehead atoms. The summed E-state index contributed by atoms with van der Waals surface area (Å²) in [6.45, 7) is 0. The first kappa shape index (κ1) is 20.0. The van der Waals surface area contributed by atoms with E-state index in [-0.39, 0.29) is 5.91 Å². The third-order valence-corrected chi connectivity index (χ3v) is 5.72. The van der Waals surface area contributed by atoms with Gasteiger partial charge in [0.2, 0.25) is 0 Å². The molecule has 1 aromatic heterocycles. The van der Waals surface area contributed by atoms with Crippen molar-refractivity contribution < 1.29 is 9.90 Å². The number of benzene rings is 4. The molecule has 2 atom stereocenters. The highest BCUT2D eigenvalue weighted by Gasteiger charge is 2.27. The molecular formula is C27H23N3O2. The smallest absolute Gasteiger partial charge is 0.252 e. The van der Waals surface area contributed by atoms with Crippen molar-refractivity contribution in [2.45, 2.75) is 18.6 Å². The Morgan fingerprint density at radius 1 is 0.875 bits per heavy atom. The van der Waals surface area contributed by atoms with Crippen LogP contribution in [0.15, 0.2) is 97.1 Å². The van der Waals surface area contributed by atoms with E-state index in [1.165, 1.54) is 0 Å². The van der Waals surface area contributed by atoms with Gasteiger partial charge in [0.25, 0.3) is 5.91 Å². The van der Waals surface area contributed by atoms with Gasteiger partial charge in [-0.25, -0.2) is 4.98 Å². The summed E-state index contributed by atoms with van der Waals surface area (Å²) in [5, 5.41) is 16.2. The number of fused-ring (bicyclic) bond motifs is 2. The number of nitrogens with zero attached hydrogens (tertiary/aromatic N) is 1. The van der Waals surface area contributed by atoms with E-state index in [4.69, 9.17) is 0 Å². The predicted octanol–water partition coefficient (Wildman–Crippen LogP) is 4.79. The summed E-state index contributed by atoms with van der Waals surface area (Å²) in [6, 6.07) is 30.4. The molecule has 5 aromatic rings. The van der Waals surface area contributed by atoms with Gasteiger partial charge in [-0.1, -0.05) is 78.9 Å². The van der Waals surface area contributed by atoms with Crippen molar-refractivity contribution in [2.24, 2.45) is 0 Å². The fraction of sp³-hybridized carbons (Fsp3) is 0.111. The Kier molecular flexibility index (Phi) is 5.40. The summed E-state index contributed by atoms with van der Waals surface area (Å²) < 4.78 is 0. The predicted molar refractivity (Wildman–Crippen MR) is 126 cm³/mol. The standard InChI is InChI=1S/C27H23N3O2/c31-25(26-28-22-15-6-7-16-23(22)29-26)24(17-18-9-2-1-3-10-18)30-27(32)21-14-8-12-19-11-4-5-13-20(19)21/h1-16,24-25,31H,17H2,(H,28,29)(H,30,32)/t24-,25?/m0/s1. The summed E-state index contributed by atoms with van der Waals surface area (Å²) in [4.78, 5) is 21.1. The molecule has 1 unspecified atom stereocenters. The van der Waals surface area contributed by atoms with Gasteiger partial charge in [-0.15, -0.1) is 0 Å². The molecule has 0 spiro atoms. The number of hydrogen-bond acceptors (Lipinski definition) is 3. The largest absolute Gasteiger partial charge is 0.383 e. The van der Waals surface area contributed by atoms with E-state index in [0.717, 1.165) is 27.4 Å². The minimum absolute atomic E-state index is 0.224. The monoisotopic (exact) mass is 421 g/mol. The number of hydrogen-bond donors (Lipinski definition) is 3. The maximum absolute atomic E-state index is 13.3. The SMILES string of the molecule is O=C(N[C@@H](Cc1ccccc1)C(O)c1nc2ccccc2[nH]1)c1cccc2ccccc12. The van der Waals surface area contributed by atoms with E-state index in [1.807, 2.05) is 97.1 Å². The zero-order valence-electron chi connectivity index (χ0n) is 17.4. The minimum Gasteiger partial charge on any atom is -0.383 e. The highest BCUT2D eigenvalue weighted by atomic mass is 16.3. The fourth-order valence-corrected chi connectivity index (χ4v) is 4.08. The first-order valence-electron chi connectivity index (χ1n) is 10.6. The molecule has 1 amide bonds. The number of carbonyl (C=O) groups is 1. The van der Waals surface area contributed by atoms with Gasteiger partial charge in [-0.05, 0) is 41.0 Å². The van der Waals surface area contributed by atoms with Crippen LogP contribution in [0.2, 0.25) is 0 Å². The van der Waals surface area contributed by atoms with Crippen molar-refractivity contribution >= 4 is 27.7 Å². The summed E-state index contributed by atoms with van der Waals surface area (Å²) in [5.74, 6) is 0.211. The Morgan fingerprint density at radius 2 is 1.59 bits per heavy atom. The fourth-order valence-electron chi connectivity index (χ4n) is 4.08. The number of rotatable bonds is 6. The van der Waals surface area contributed by atoms with Crippen LogP contribution in [0.3, 0.4) is 0 Å². The average Bonchev–Trinajstić information content (AvgIpc) is 3.28. The number of aromatic amines is 1. The maximum Gasteiger partial charge on any atom is 0.252 e. The summed E-state index contributed by atoms with van der Waals surface area (Å²) in [6.07, 6.45) is -0.531. The number of amides is 1. The van der Waals surface area contributed by atoms with E-state index in [2.05, 4.69) is 15.3 Å². The van der Waals surface area contributed by atoms with Crippen LogP contribution in [0.1, 0.15) is 27.8 Å². The normalized spacial score (nSPS) is 13.2. The molecule has 0 aliphatic rings. The second kappa shape index (κ2) is 8.65. The van der Waals surface area contributed by atoms with Gasteiger partial charge in [0.05, 0.1) is 17.1 Å². The molecular weight excluding hydrogens is 398 g/mol. The van der Waals surface area contributed by atoms with Crippen molar-refractivity contribution in [2.75, 3.05) is 0 Å². The Bertz CT molecular complexity index is 1340. The molecule has 5 heteroatoms. The lowest BCUT2D eigenvalue weighted by Crippen LogP contribution is -2.41. The summed E-state index contributed by atoms with van der Waals surface area (Å²) >= 11 is 0. The highest BCUT2D eigenvalue weighted by Crippen LogP contribution is 2.23. The molecule has 0 fully saturated rings. The van der Waals surface area contributed by atoms with Crippen molar-refractivity contribution in [3.05, 3.63) is 114 Å². The minimum atomic E-state index is -0.999. The molecule has 3 N–H and O–H groups in total. The van der Waals surface area contributed by atoms with Crippen LogP contribution in [0.5, 0.6) is 0 Å². The van der Waals surface area contributed by atoms with Gasteiger partial charge < -0.3 is 15.4 Å². The third kappa shape index (κ3) is 3.98. The zero-order chi connectivity index (χ0) is 21.9. The second-order valence-electron chi connectivity index (χ2n) is 7.88. The van der Waals surface area contributed by atoms with Crippen LogP contribution in [0, 0.1) is 0 Å². The number of nitrogens with one attached hydrogen (secondary N) is 2. The van der Waals surface area contributed by atoms with Gasteiger partial charge in [0.1, 0.15) is 11.9 Å². The van der Waals surface area contributed by atoms with Crippen LogP contribution in [-0.2, 0) is 6.42 Å². The Balaban J connectivity index is 1.48. The second-order valence-corrected chi connectivity index (χ2v) is 7.88. The number of imidazole rings is 1. The molecule has 0 aliphatic carbocycles. The molecule has 0 radical (unpaired) electrons. The Labute approximate surface area is 185 Å². The van der Waals surface area contributed by atoms with E-state index >= 15 is 0 Å². The molecule has 0 aliphatic heterocycles. The molecule has 1 heterocycles. The van der Waals surface area contributed by atoms with Gasteiger partial charge in [-0.2, -0.15) is 0 Å². The third-order valence-electron chi connectivity index (χ3n) is 5.72. The molecule has 0 saturated carbocycles. The van der Waals surface area contributed by atoms with Crippen LogP contribution >= 0.6 is 0 Å². The first-order chi connectivity index (χ1) is 15.7. The average molecular weight is 422 g/mol. The van der Waals surface area contributed by atoms with E-state index in [0.29, 0.717) is 17.8 Å². The molecule has 4 aromatic carbocycles.